The number of benzene rings is 2. The van der Waals surface area contributed by atoms with Crippen LogP contribution in [0.5, 0.6) is 11.5 Å². The second-order valence-corrected chi connectivity index (χ2v) is 9.91. The molecule has 176 valence electrons. The summed E-state index contributed by atoms with van der Waals surface area (Å²) in [5.41, 5.74) is -1.29. The lowest BCUT2D eigenvalue weighted by Gasteiger charge is -2.33. The molecule has 2 aromatic rings. The molecular formula is C21H22FN3O7S. The molecule has 12 heteroatoms. The van der Waals surface area contributed by atoms with Gasteiger partial charge in [0.1, 0.15) is 22.9 Å². The number of nitrogens with zero attached hydrogens (tertiary/aromatic N) is 2. The van der Waals surface area contributed by atoms with E-state index in [1.54, 1.807) is 0 Å². The Hall–Kier alpha value is -3.51. The Morgan fingerprint density at radius 3 is 2.15 bits per heavy atom. The van der Waals surface area contributed by atoms with Crippen LogP contribution in [-0.2, 0) is 19.4 Å². The van der Waals surface area contributed by atoms with Crippen LogP contribution >= 0.6 is 0 Å². The Morgan fingerprint density at radius 2 is 1.67 bits per heavy atom. The van der Waals surface area contributed by atoms with Crippen molar-refractivity contribution in [1.82, 2.24) is 15.3 Å². The van der Waals surface area contributed by atoms with Gasteiger partial charge in [-0.3, -0.25) is 20.1 Å². The Bertz CT molecular complexity index is 1150. The third-order valence-electron chi connectivity index (χ3n) is 5.22. The van der Waals surface area contributed by atoms with Crippen molar-refractivity contribution in [2.45, 2.75) is 30.3 Å². The summed E-state index contributed by atoms with van der Waals surface area (Å²) in [5, 5.41) is 12.2. The van der Waals surface area contributed by atoms with Crippen LogP contribution in [-0.4, -0.2) is 65.8 Å². The number of carbonyl (C=O) groups excluding carboxylic acids is 3. The summed E-state index contributed by atoms with van der Waals surface area (Å²) < 4.78 is 44.4. The molecule has 1 fully saturated rings. The lowest BCUT2D eigenvalue weighted by atomic mass is 10.0. The number of rotatable bonds is 9. The van der Waals surface area contributed by atoms with Crippen molar-refractivity contribution in [3.63, 3.8) is 0 Å². The predicted octanol–water partition coefficient (Wildman–Crippen LogP) is 1.94. The summed E-state index contributed by atoms with van der Waals surface area (Å²) in [4.78, 5) is 36.2. The summed E-state index contributed by atoms with van der Waals surface area (Å²) in [5.74, 6) is -1.06. The van der Waals surface area contributed by atoms with Crippen LogP contribution in [0.2, 0.25) is 0 Å². The van der Waals surface area contributed by atoms with Crippen LogP contribution in [0.4, 0.5) is 9.18 Å². The fourth-order valence-electron chi connectivity index (χ4n) is 3.22. The van der Waals surface area contributed by atoms with Crippen molar-refractivity contribution in [2.75, 3.05) is 12.3 Å². The lowest BCUT2D eigenvalue weighted by molar-refractivity contribution is -0.159. The number of carbonyl (C=O) groups is 3. The normalized spacial score (nSPS) is 16.3. The van der Waals surface area contributed by atoms with E-state index < -0.39 is 51.5 Å². The van der Waals surface area contributed by atoms with Gasteiger partial charge in [0.25, 0.3) is 5.91 Å². The second kappa shape index (κ2) is 9.16. The summed E-state index contributed by atoms with van der Waals surface area (Å²) in [6, 6.07) is 8.55. The zero-order valence-electron chi connectivity index (χ0n) is 17.8. The van der Waals surface area contributed by atoms with Gasteiger partial charge in [-0.15, -0.1) is 0 Å². The summed E-state index contributed by atoms with van der Waals surface area (Å²) in [6.07, 6.45) is 0.0304. The maximum absolute atomic E-state index is 13.0. The number of urea groups is 1. The van der Waals surface area contributed by atoms with Crippen LogP contribution in [0.3, 0.4) is 0 Å². The van der Waals surface area contributed by atoms with Crippen LogP contribution < -0.4 is 10.1 Å². The van der Waals surface area contributed by atoms with Crippen LogP contribution in [0, 0.1) is 5.82 Å². The van der Waals surface area contributed by atoms with Crippen molar-refractivity contribution >= 4 is 28.2 Å². The van der Waals surface area contributed by atoms with E-state index in [4.69, 9.17) is 4.74 Å². The maximum Gasteiger partial charge on any atom is 0.325 e. The molecule has 3 rings (SSSR count). The lowest BCUT2D eigenvalue weighted by Crippen LogP contribution is -2.52. The number of hydrogen-bond acceptors (Lipinski definition) is 7. The number of imide groups is 1. The molecule has 0 aromatic heterocycles. The molecule has 0 spiro atoms. The smallest absolute Gasteiger partial charge is 0.325 e. The van der Waals surface area contributed by atoms with E-state index in [9.17, 15) is 32.4 Å². The third-order valence-corrected chi connectivity index (χ3v) is 7.03. The second-order valence-electron chi connectivity index (χ2n) is 7.88. The molecule has 0 radical (unpaired) electrons. The predicted molar refractivity (Wildman–Crippen MR) is 113 cm³/mol. The Labute approximate surface area is 189 Å². The Morgan fingerprint density at radius 1 is 1.12 bits per heavy atom. The monoisotopic (exact) mass is 479 g/mol. The van der Waals surface area contributed by atoms with Crippen molar-refractivity contribution in [1.29, 1.82) is 0 Å². The van der Waals surface area contributed by atoms with E-state index in [-0.39, 0.29) is 16.4 Å². The number of hydroxylamine groups is 2. The van der Waals surface area contributed by atoms with E-state index in [1.165, 1.54) is 62.4 Å². The number of ether oxygens (including phenoxy) is 1. The highest BCUT2D eigenvalue weighted by Crippen LogP contribution is 2.25. The van der Waals surface area contributed by atoms with Crippen molar-refractivity contribution in [3.05, 3.63) is 54.3 Å². The summed E-state index contributed by atoms with van der Waals surface area (Å²) >= 11 is 0. The SMILES string of the molecule is CC1(C)C(=O)NC(=O)N1CC(CS(=O)(=O)c1ccc(Oc2ccc(F)cc2)cc1)N(O)C=O. The molecule has 1 saturated heterocycles. The summed E-state index contributed by atoms with van der Waals surface area (Å²) in [6.45, 7) is 2.52. The van der Waals surface area contributed by atoms with Crippen molar-refractivity contribution in [2.24, 2.45) is 0 Å². The number of amides is 4. The van der Waals surface area contributed by atoms with Gasteiger partial charge in [-0.2, -0.15) is 0 Å². The van der Waals surface area contributed by atoms with Gasteiger partial charge in [-0.05, 0) is 62.4 Å². The molecule has 4 amide bonds. The zero-order valence-corrected chi connectivity index (χ0v) is 18.6. The highest BCUT2D eigenvalue weighted by Gasteiger charge is 2.47. The van der Waals surface area contributed by atoms with E-state index in [2.05, 4.69) is 5.32 Å². The van der Waals surface area contributed by atoms with Crippen molar-refractivity contribution in [3.8, 4) is 11.5 Å². The number of sulfone groups is 1. The van der Waals surface area contributed by atoms with Crippen LogP contribution in [0.1, 0.15) is 13.8 Å². The van der Waals surface area contributed by atoms with Gasteiger partial charge >= 0.3 is 6.03 Å². The van der Waals surface area contributed by atoms with Crippen LogP contribution in [0.25, 0.3) is 0 Å². The zero-order chi connectivity index (χ0) is 24.4. The molecule has 0 aliphatic carbocycles. The number of nitrogens with one attached hydrogen (secondary N) is 1. The Kier molecular flexibility index (Phi) is 6.70. The average Bonchev–Trinajstić information content (AvgIpc) is 2.96. The molecule has 33 heavy (non-hydrogen) atoms. The first-order chi connectivity index (χ1) is 15.4. The molecule has 2 N–H and O–H groups in total. The molecule has 1 aliphatic rings. The molecule has 0 bridgehead atoms. The van der Waals surface area contributed by atoms with E-state index in [1.807, 2.05) is 0 Å². The first-order valence-corrected chi connectivity index (χ1v) is 11.4. The van der Waals surface area contributed by atoms with Gasteiger partial charge < -0.3 is 9.64 Å². The number of halogens is 1. The van der Waals surface area contributed by atoms with Crippen LogP contribution in [0.15, 0.2) is 53.4 Å². The first-order valence-electron chi connectivity index (χ1n) is 9.76. The van der Waals surface area contributed by atoms with Crippen molar-refractivity contribution < 1.29 is 37.1 Å². The van der Waals surface area contributed by atoms with E-state index in [0.717, 1.165) is 4.90 Å². The quantitative estimate of drug-likeness (QED) is 0.243. The fraction of sp³-hybridized carbons (Fsp3) is 0.286. The summed E-state index contributed by atoms with van der Waals surface area (Å²) in [7, 11) is -4.03. The maximum atomic E-state index is 13.0. The molecule has 0 saturated carbocycles. The topological polar surface area (TPSA) is 133 Å². The first kappa shape index (κ1) is 24.1. The highest BCUT2D eigenvalue weighted by atomic mass is 32.2. The van der Waals surface area contributed by atoms with Gasteiger partial charge in [0, 0.05) is 6.54 Å². The standard InChI is InChI=1S/C21H22FN3O7S/c1-21(2)19(27)23-20(28)24(21)11-15(25(29)13-26)12-33(30,31)18-9-7-17(8-10-18)32-16-5-3-14(22)4-6-16/h3-10,13,15,29H,11-12H2,1-2H3,(H,23,27,28). The van der Waals surface area contributed by atoms with E-state index in [0.29, 0.717) is 11.5 Å². The third kappa shape index (κ3) is 5.29. The molecule has 1 heterocycles. The van der Waals surface area contributed by atoms with Gasteiger partial charge in [0.2, 0.25) is 6.41 Å². The van der Waals surface area contributed by atoms with Gasteiger partial charge in [-0.25, -0.2) is 22.7 Å². The molecule has 1 unspecified atom stereocenters. The minimum Gasteiger partial charge on any atom is -0.457 e. The molecular weight excluding hydrogens is 457 g/mol. The van der Waals surface area contributed by atoms with E-state index >= 15 is 0 Å². The average molecular weight is 479 g/mol. The van der Waals surface area contributed by atoms with Gasteiger partial charge in [0.05, 0.1) is 16.7 Å². The Balaban J connectivity index is 1.77. The highest BCUT2D eigenvalue weighted by molar-refractivity contribution is 7.91. The molecule has 1 atom stereocenters. The molecule has 10 nitrogen and oxygen atoms in total. The van der Waals surface area contributed by atoms with Gasteiger partial charge in [0.15, 0.2) is 9.84 Å². The minimum absolute atomic E-state index is 0.0304. The molecule has 1 aliphatic heterocycles. The molecule has 2 aromatic carbocycles. The fourth-order valence-corrected chi connectivity index (χ4v) is 4.73. The number of hydrogen-bond donors (Lipinski definition) is 2. The largest absolute Gasteiger partial charge is 0.457 e. The van der Waals surface area contributed by atoms with Gasteiger partial charge in [-0.1, -0.05) is 0 Å². The minimum atomic E-state index is -4.03.